The van der Waals surface area contributed by atoms with Gasteiger partial charge in [-0.25, -0.2) is 9.97 Å². The number of hydrogen-bond acceptors (Lipinski definition) is 6. The first kappa shape index (κ1) is 18.6. The molecule has 29 heavy (non-hydrogen) atoms. The minimum atomic E-state index is 0.619. The lowest BCUT2D eigenvalue weighted by molar-refractivity contribution is 0.414. The highest BCUT2D eigenvalue weighted by Crippen LogP contribution is 2.26. The molecule has 0 aliphatic rings. The number of nitrogens with zero attached hydrogens (tertiary/aromatic N) is 2. The van der Waals surface area contributed by atoms with Crippen molar-refractivity contribution in [3.05, 3.63) is 78.4 Å². The van der Waals surface area contributed by atoms with Gasteiger partial charge in [-0.15, -0.1) is 0 Å². The van der Waals surface area contributed by atoms with E-state index in [0.717, 1.165) is 33.8 Å². The average Bonchev–Trinajstić information content (AvgIpc) is 2.78. The first-order valence-corrected chi connectivity index (χ1v) is 9.30. The van der Waals surface area contributed by atoms with E-state index >= 15 is 0 Å². The van der Waals surface area contributed by atoms with Crippen LogP contribution >= 0.6 is 0 Å². The second-order valence-corrected chi connectivity index (χ2v) is 6.46. The molecule has 0 aliphatic carbocycles. The molecule has 4 rings (SSSR count). The Balaban J connectivity index is 1.61. The monoisotopic (exact) mass is 386 g/mol. The summed E-state index contributed by atoms with van der Waals surface area (Å²) in [5, 5.41) is 6.76. The van der Waals surface area contributed by atoms with Crippen molar-refractivity contribution in [2.75, 3.05) is 24.9 Å². The summed E-state index contributed by atoms with van der Waals surface area (Å²) < 4.78 is 10.4. The molecule has 4 aromatic rings. The summed E-state index contributed by atoms with van der Waals surface area (Å²) in [6, 6.07) is 23.5. The molecule has 0 fully saturated rings. The normalized spacial score (nSPS) is 10.6. The molecule has 0 saturated heterocycles. The second-order valence-electron chi connectivity index (χ2n) is 6.46. The Hall–Kier alpha value is -3.80. The molecule has 146 valence electrons. The molecule has 0 bridgehead atoms. The van der Waals surface area contributed by atoms with Crippen molar-refractivity contribution < 1.29 is 9.47 Å². The van der Waals surface area contributed by atoms with Crippen molar-refractivity contribution in [2.24, 2.45) is 0 Å². The minimum absolute atomic E-state index is 0.619. The fraction of sp³-hybridized carbons (Fsp3) is 0.130. The number of hydrogen-bond donors (Lipinski definition) is 2. The van der Waals surface area contributed by atoms with Crippen molar-refractivity contribution in [3.8, 4) is 11.5 Å². The number of rotatable bonds is 7. The summed E-state index contributed by atoms with van der Waals surface area (Å²) >= 11 is 0. The van der Waals surface area contributed by atoms with Gasteiger partial charge in [-0.2, -0.15) is 0 Å². The van der Waals surface area contributed by atoms with E-state index in [1.54, 1.807) is 14.2 Å². The molecule has 0 atom stereocenters. The van der Waals surface area contributed by atoms with E-state index < -0.39 is 0 Å². The number of nitrogens with one attached hydrogen (secondary N) is 2. The van der Waals surface area contributed by atoms with Gasteiger partial charge in [-0.1, -0.05) is 24.3 Å². The van der Waals surface area contributed by atoms with Gasteiger partial charge in [-0.3, -0.25) is 0 Å². The second kappa shape index (κ2) is 8.48. The van der Waals surface area contributed by atoms with Crippen LogP contribution in [0.1, 0.15) is 5.56 Å². The lowest BCUT2D eigenvalue weighted by atomic mass is 10.2. The lowest BCUT2D eigenvalue weighted by Crippen LogP contribution is -2.07. The number of ether oxygens (including phenoxy) is 2. The molecule has 6 heteroatoms. The zero-order chi connectivity index (χ0) is 20.1. The van der Waals surface area contributed by atoms with Gasteiger partial charge in [-0.05, 0) is 54.1 Å². The number of fused-ring (bicyclic) bond motifs is 1. The van der Waals surface area contributed by atoms with Gasteiger partial charge in [0.1, 0.15) is 11.5 Å². The number of methoxy groups -OCH3 is 2. The maximum atomic E-state index is 5.23. The van der Waals surface area contributed by atoms with Gasteiger partial charge in [0, 0.05) is 12.2 Å². The number of para-hydroxylation sites is 2. The first-order valence-electron chi connectivity index (χ1n) is 9.30. The highest BCUT2D eigenvalue weighted by atomic mass is 16.5. The molecule has 0 aliphatic heterocycles. The van der Waals surface area contributed by atoms with Crippen LogP contribution in [-0.2, 0) is 6.54 Å². The van der Waals surface area contributed by atoms with Crippen LogP contribution in [0.3, 0.4) is 0 Å². The smallest absolute Gasteiger partial charge is 0.174 e. The predicted molar refractivity (Wildman–Crippen MR) is 116 cm³/mol. The van der Waals surface area contributed by atoms with Crippen molar-refractivity contribution in [1.82, 2.24) is 9.97 Å². The highest BCUT2D eigenvalue weighted by Gasteiger charge is 2.10. The molecule has 0 spiro atoms. The van der Waals surface area contributed by atoms with E-state index in [4.69, 9.17) is 19.4 Å². The average molecular weight is 386 g/mol. The van der Waals surface area contributed by atoms with Crippen molar-refractivity contribution in [2.45, 2.75) is 6.54 Å². The van der Waals surface area contributed by atoms with E-state index in [1.807, 2.05) is 72.8 Å². The number of anilines is 3. The Bertz CT molecular complexity index is 1100. The van der Waals surface area contributed by atoms with E-state index in [1.165, 1.54) is 0 Å². The quantitative estimate of drug-likeness (QED) is 0.466. The fourth-order valence-electron chi connectivity index (χ4n) is 2.95. The third kappa shape index (κ3) is 4.38. The van der Waals surface area contributed by atoms with E-state index in [-0.39, 0.29) is 0 Å². The summed E-state index contributed by atoms with van der Waals surface area (Å²) in [5.74, 6) is 3.00. The van der Waals surface area contributed by atoms with Crippen LogP contribution in [0.25, 0.3) is 11.0 Å². The van der Waals surface area contributed by atoms with E-state index in [9.17, 15) is 0 Å². The first-order chi connectivity index (χ1) is 14.2. The molecule has 1 heterocycles. The lowest BCUT2D eigenvalue weighted by Gasteiger charge is -2.14. The van der Waals surface area contributed by atoms with Crippen LogP contribution < -0.4 is 20.1 Å². The summed E-state index contributed by atoms with van der Waals surface area (Å²) in [4.78, 5) is 9.53. The van der Waals surface area contributed by atoms with Crippen molar-refractivity contribution >= 4 is 28.4 Å². The minimum Gasteiger partial charge on any atom is -0.497 e. The van der Waals surface area contributed by atoms with Crippen molar-refractivity contribution in [3.63, 3.8) is 0 Å². The maximum absolute atomic E-state index is 5.23. The van der Waals surface area contributed by atoms with Gasteiger partial charge < -0.3 is 20.1 Å². The summed E-state index contributed by atoms with van der Waals surface area (Å²) in [5.41, 5.74) is 3.70. The zero-order valence-corrected chi connectivity index (χ0v) is 16.3. The van der Waals surface area contributed by atoms with Gasteiger partial charge >= 0.3 is 0 Å². The summed E-state index contributed by atoms with van der Waals surface area (Å²) in [6.07, 6.45) is 0. The van der Waals surface area contributed by atoms with E-state index in [2.05, 4.69) is 10.6 Å². The molecule has 6 nitrogen and oxygen atoms in total. The third-order valence-corrected chi connectivity index (χ3v) is 4.54. The van der Waals surface area contributed by atoms with Gasteiger partial charge in [0.05, 0.1) is 25.3 Å². The molecule has 0 radical (unpaired) electrons. The molecule has 0 amide bonds. The van der Waals surface area contributed by atoms with Crippen LogP contribution in [0.4, 0.5) is 17.3 Å². The SMILES string of the molecule is COc1ccc(CNc2nc3ccccc3nc2Nc2ccc(OC)cc2)cc1. The predicted octanol–water partition coefficient (Wildman–Crippen LogP) is 5.00. The van der Waals surface area contributed by atoms with Gasteiger partial charge in [0.2, 0.25) is 0 Å². The Morgan fingerprint density at radius 2 is 1.24 bits per heavy atom. The maximum Gasteiger partial charge on any atom is 0.174 e. The Kier molecular flexibility index (Phi) is 5.42. The Labute approximate surface area is 169 Å². The number of benzene rings is 3. The molecule has 3 aromatic carbocycles. The largest absolute Gasteiger partial charge is 0.497 e. The van der Waals surface area contributed by atoms with Crippen LogP contribution in [0.5, 0.6) is 11.5 Å². The van der Waals surface area contributed by atoms with Gasteiger partial charge in [0.15, 0.2) is 11.6 Å². The van der Waals surface area contributed by atoms with E-state index in [0.29, 0.717) is 18.2 Å². The molecule has 0 saturated carbocycles. The van der Waals surface area contributed by atoms with Gasteiger partial charge in [0.25, 0.3) is 0 Å². The van der Waals surface area contributed by atoms with Crippen LogP contribution in [0, 0.1) is 0 Å². The molecular formula is C23H22N4O2. The summed E-state index contributed by atoms with van der Waals surface area (Å²) in [7, 11) is 3.31. The summed E-state index contributed by atoms with van der Waals surface area (Å²) in [6.45, 7) is 0.619. The molecule has 1 aromatic heterocycles. The Morgan fingerprint density at radius 3 is 1.83 bits per heavy atom. The van der Waals surface area contributed by atoms with Crippen LogP contribution in [0.2, 0.25) is 0 Å². The fourth-order valence-corrected chi connectivity index (χ4v) is 2.95. The highest BCUT2D eigenvalue weighted by molar-refractivity contribution is 5.81. The molecule has 0 unspecified atom stereocenters. The topological polar surface area (TPSA) is 68.3 Å². The third-order valence-electron chi connectivity index (χ3n) is 4.54. The zero-order valence-electron chi connectivity index (χ0n) is 16.3. The van der Waals surface area contributed by atoms with Crippen LogP contribution in [0.15, 0.2) is 72.8 Å². The standard InChI is InChI=1S/C23H22N4O2/c1-28-18-11-7-16(8-12-18)15-24-22-23(25-17-9-13-19(29-2)14-10-17)27-21-6-4-3-5-20(21)26-22/h3-14H,15H2,1-2H3,(H,24,26)(H,25,27). The molecule has 2 N–H and O–H groups in total. The van der Waals surface area contributed by atoms with Crippen LogP contribution in [-0.4, -0.2) is 24.2 Å². The Morgan fingerprint density at radius 1 is 0.690 bits per heavy atom. The van der Waals surface area contributed by atoms with Crippen molar-refractivity contribution in [1.29, 1.82) is 0 Å². The number of aromatic nitrogens is 2. The molecular weight excluding hydrogens is 364 g/mol.